The van der Waals surface area contributed by atoms with E-state index in [1.165, 1.54) is 11.6 Å². The lowest BCUT2D eigenvalue weighted by Gasteiger charge is -2.14. The Bertz CT molecular complexity index is 1000. The number of aryl methyl sites for hydroxylation is 2. The number of nitrogens with zero attached hydrogens (tertiary/aromatic N) is 3. The highest BCUT2D eigenvalue weighted by atomic mass is 16.2. The minimum absolute atomic E-state index is 0.354. The van der Waals surface area contributed by atoms with Gasteiger partial charge in [0.2, 0.25) is 0 Å². The van der Waals surface area contributed by atoms with Crippen LogP contribution >= 0.6 is 0 Å². The van der Waals surface area contributed by atoms with Gasteiger partial charge in [-0.3, -0.25) is 13.9 Å². The predicted molar refractivity (Wildman–Crippen MR) is 91.3 cm³/mol. The van der Waals surface area contributed by atoms with Crippen molar-refractivity contribution in [3.63, 3.8) is 0 Å². The molecular weight excluding hydrogens is 292 g/mol. The lowest BCUT2D eigenvalue weighted by molar-refractivity contribution is 0.708. The molecule has 6 nitrogen and oxygen atoms in total. The summed E-state index contributed by atoms with van der Waals surface area (Å²) in [6, 6.07) is 9.69. The summed E-state index contributed by atoms with van der Waals surface area (Å²) in [5.74, 6) is 0. The van der Waals surface area contributed by atoms with Crippen LogP contribution in [0.3, 0.4) is 0 Å². The Morgan fingerprint density at radius 3 is 2.52 bits per heavy atom. The number of nitrogens with one attached hydrogen (secondary N) is 1. The van der Waals surface area contributed by atoms with Crippen molar-refractivity contribution >= 4 is 22.4 Å². The maximum absolute atomic E-state index is 12.5. The van der Waals surface area contributed by atoms with Gasteiger partial charge in [-0.2, -0.15) is 0 Å². The number of hydrogen-bond acceptors (Lipinski definition) is 4. The van der Waals surface area contributed by atoms with Crippen LogP contribution in [0.2, 0.25) is 0 Å². The van der Waals surface area contributed by atoms with E-state index in [4.69, 9.17) is 0 Å². The van der Waals surface area contributed by atoms with Gasteiger partial charge in [0.25, 0.3) is 5.56 Å². The number of pyridine rings is 1. The van der Waals surface area contributed by atoms with Crippen molar-refractivity contribution in [2.45, 2.75) is 13.3 Å². The second-order valence-electron chi connectivity index (χ2n) is 5.40. The molecule has 0 bridgehead atoms. The average molecular weight is 310 g/mol. The SMILES string of the molecule is CCc1ccccc1Nc1ccnc2c1c(=O)n(C)c(=O)n2C. The zero-order chi connectivity index (χ0) is 16.6. The maximum Gasteiger partial charge on any atom is 0.332 e. The molecule has 0 aliphatic rings. The number of anilines is 2. The normalized spacial score (nSPS) is 10.9. The van der Waals surface area contributed by atoms with E-state index in [9.17, 15) is 9.59 Å². The number of rotatable bonds is 3. The van der Waals surface area contributed by atoms with E-state index >= 15 is 0 Å². The van der Waals surface area contributed by atoms with Gasteiger partial charge in [-0.05, 0) is 24.1 Å². The third kappa shape index (κ3) is 2.42. The van der Waals surface area contributed by atoms with E-state index in [0.717, 1.165) is 22.2 Å². The van der Waals surface area contributed by atoms with E-state index in [2.05, 4.69) is 17.2 Å². The first-order valence-electron chi connectivity index (χ1n) is 7.44. The molecule has 0 saturated heterocycles. The summed E-state index contributed by atoms with van der Waals surface area (Å²) < 4.78 is 2.48. The highest BCUT2D eigenvalue weighted by Gasteiger charge is 2.14. The lowest BCUT2D eigenvalue weighted by Crippen LogP contribution is -2.37. The fraction of sp³-hybridized carbons (Fsp3) is 0.235. The smallest absolute Gasteiger partial charge is 0.332 e. The van der Waals surface area contributed by atoms with Gasteiger partial charge >= 0.3 is 5.69 Å². The fourth-order valence-corrected chi connectivity index (χ4v) is 2.69. The fourth-order valence-electron chi connectivity index (χ4n) is 2.69. The molecule has 0 radical (unpaired) electrons. The van der Waals surface area contributed by atoms with Crippen LogP contribution < -0.4 is 16.6 Å². The molecule has 6 heteroatoms. The van der Waals surface area contributed by atoms with Crippen LogP contribution in [0, 0.1) is 0 Å². The minimum Gasteiger partial charge on any atom is -0.354 e. The van der Waals surface area contributed by atoms with Crippen molar-refractivity contribution < 1.29 is 0 Å². The van der Waals surface area contributed by atoms with Gasteiger partial charge in [-0.1, -0.05) is 25.1 Å². The van der Waals surface area contributed by atoms with Gasteiger partial charge in [0.05, 0.1) is 5.69 Å². The minimum atomic E-state index is -0.388. The molecule has 0 aliphatic carbocycles. The molecule has 2 aromatic heterocycles. The molecule has 2 heterocycles. The van der Waals surface area contributed by atoms with Crippen LogP contribution in [0.25, 0.3) is 11.0 Å². The van der Waals surface area contributed by atoms with Crippen LogP contribution in [-0.2, 0) is 20.5 Å². The molecule has 0 fully saturated rings. The molecule has 3 rings (SSSR count). The maximum atomic E-state index is 12.5. The van der Waals surface area contributed by atoms with E-state index in [0.29, 0.717) is 16.7 Å². The van der Waals surface area contributed by atoms with Crippen LogP contribution in [0.5, 0.6) is 0 Å². The van der Waals surface area contributed by atoms with Crippen LogP contribution in [-0.4, -0.2) is 14.1 Å². The van der Waals surface area contributed by atoms with Crippen LogP contribution in [0.15, 0.2) is 46.1 Å². The lowest BCUT2D eigenvalue weighted by atomic mass is 10.1. The standard InChI is InChI=1S/C17H18N4O2/c1-4-11-7-5-6-8-12(11)19-13-9-10-18-15-14(13)16(22)21(3)17(23)20(15)2/h5-10H,4H2,1-3H3,(H,18,19). The van der Waals surface area contributed by atoms with Crippen molar-refractivity contribution in [2.75, 3.05) is 5.32 Å². The number of fused-ring (bicyclic) bond motifs is 1. The van der Waals surface area contributed by atoms with Crippen molar-refractivity contribution in [1.82, 2.24) is 14.1 Å². The van der Waals surface area contributed by atoms with E-state index in [1.807, 2.05) is 24.3 Å². The molecule has 0 aliphatic heterocycles. The van der Waals surface area contributed by atoms with Gasteiger partial charge in [0, 0.05) is 26.0 Å². The zero-order valence-corrected chi connectivity index (χ0v) is 13.3. The summed E-state index contributed by atoms with van der Waals surface area (Å²) in [5.41, 5.74) is 2.37. The van der Waals surface area contributed by atoms with Gasteiger partial charge in [0.1, 0.15) is 5.39 Å². The third-order valence-corrected chi connectivity index (χ3v) is 4.01. The molecule has 0 amide bonds. The summed E-state index contributed by atoms with van der Waals surface area (Å²) in [4.78, 5) is 28.8. The molecule has 0 spiro atoms. The van der Waals surface area contributed by atoms with Gasteiger partial charge in [0.15, 0.2) is 5.65 Å². The summed E-state index contributed by atoms with van der Waals surface area (Å²) in [6.07, 6.45) is 2.47. The molecule has 0 unspecified atom stereocenters. The molecule has 118 valence electrons. The highest BCUT2D eigenvalue weighted by molar-refractivity contribution is 5.90. The summed E-state index contributed by atoms with van der Waals surface area (Å²) in [5, 5.41) is 3.72. The van der Waals surface area contributed by atoms with Gasteiger partial charge in [-0.25, -0.2) is 9.78 Å². The molecule has 0 saturated carbocycles. The van der Waals surface area contributed by atoms with Gasteiger partial charge < -0.3 is 5.32 Å². The Morgan fingerprint density at radius 2 is 1.78 bits per heavy atom. The second kappa shape index (κ2) is 5.72. The summed E-state index contributed by atoms with van der Waals surface area (Å²) >= 11 is 0. The molecule has 1 N–H and O–H groups in total. The molecular formula is C17H18N4O2. The van der Waals surface area contributed by atoms with Crippen LogP contribution in [0.1, 0.15) is 12.5 Å². The van der Waals surface area contributed by atoms with E-state index in [1.54, 1.807) is 19.3 Å². The number of benzene rings is 1. The average Bonchev–Trinajstić information content (AvgIpc) is 2.58. The number of hydrogen-bond donors (Lipinski definition) is 1. The quantitative estimate of drug-likeness (QED) is 0.802. The first-order chi connectivity index (χ1) is 11.0. The highest BCUT2D eigenvalue weighted by Crippen LogP contribution is 2.24. The Balaban J connectivity index is 2.27. The Kier molecular flexibility index (Phi) is 3.73. The van der Waals surface area contributed by atoms with E-state index in [-0.39, 0.29) is 11.2 Å². The second-order valence-corrected chi connectivity index (χ2v) is 5.40. The Hall–Kier alpha value is -2.89. The molecule has 3 aromatic rings. The van der Waals surface area contributed by atoms with Crippen molar-refractivity contribution in [2.24, 2.45) is 14.1 Å². The monoisotopic (exact) mass is 310 g/mol. The van der Waals surface area contributed by atoms with Crippen LogP contribution in [0.4, 0.5) is 11.4 Å². The van der Waals surface area contributed by atoms with Crippen molar-refractivity contribution in [3.05, 3.63) is 62.9 Å². The molecule has 23 heavy (non-hydrogen) atoms. The molecule has 1 aromatic carbocycles. The van der Waals surface area contributed by atoms with E-state index < -0.39 is 0 Å². The number of para-hydroxylation sites is 1. The van der Waals surface area contributed by atoms with Crippen molar-refractivity contribution in [1.29, 1.82) is 0 Å². The Morgan fingerprint density at radius 1 is 1.04 bits per heavy atom. The zero-order valence-electron chi connectivity index (χ0n) is 13.3. The van der Waals surface area contributed by atoms with Gasteiger partial charge in [-0.15, -0.1) is 0 Å². The Labute approximate surface area is 133 Å². The topological polar surface area (TPSA) is 68.9 Å². The largest absolute Gasteiger partial charge is 0.354 e. The summed E-state index contributed by atoms with van der Waals surface area (Å²) in [7, 11) is 3.09. The first-order valence-corrected chi connectivity index (χ1v) is 7.44. The summed E-state index contributed by atoms with van der Waals surface area (Å²) in [6.45, 7) is 2.08. The molecule has 0 atom stereocenters. The third-order valence-electron chi connectivity index (χ3n) is 4.01. The van der Waals surface area contributed by atoms with Crippen molar-refractivity contribution in [3.8, 4) is 0 Å². The first kappa shape index (κ1) is 15.0. The predicted octanol–water partition coefficient (Wildman–Crippen LogP) is 1.94. The number of aromatic nitrogens is 3.